The lowest BCUT2D eigenvalue weighted by Crippen LogP contribution is -2.46. The molecule has 10 heteroatoms. The van der Waals surface area contributed by atoms with E-state index in [2.05, 4.69) is 20.7 Å². The third-order valence-corrected chi connectivity index (χ3v) is 4.86. The van der Waals surface area contributed by atoms with E-state index >= 15 is 0 Å². The summed E-state index contributed by atoms with van der Waals surface area (Å²) in [4.78, 5) is 31.0. The average Bonchev–Trinajstić information content (AvgIpc) is 3.35. The van der Waals surface area contributed by atoms with Crippen LogP contribution in [0.1, 0.15) is 34.7 Å². The van der Waals surface area contributed by atoms with Crippen LogP contribution < -0.4 is 10.6 Å². The van der Waals surface area contributed by atoms with Crippen molar-refractivity contribution in [3.63, 3.8) is 0 Å². The number of aromatic nitrogens is 3. The Hall–Kier alpha value is -2.16. The number of carbonyl (C=O) groups excluding carboxylic acids is 2. The molecule has 28 heavy (non-hydrogen) atoms. The number of amides is 2. The molecule has 0 saturated carbocycles. The number of rotatable bonds is 4. The molecular formula is C18H24Cl2N6O2. The molecule has 0 bridgehead atoms. The molecule has 1 fully saturated rings. The second kappa shape index (κ2) is 9.86. The molecule has 4 rings (SSSR count). The van der Waals surface area contributed by atoms with E-state index in [1.807, 2.05) is 27.8 Å². The van der Waals surface area contributed by atoms with Gasteiger partial charge in [0.05, 0.1) is 37.1 Å². The van der Waals surface area contributed by atoms with E-state index in [0.29, 0.717) is 31.9 Å². The molecule has 4 heterocycles. The first kappa shape index (κ1) is 22.1. The van der Waals surface area contributed by atoms with Crippen LogP contribution in [0.5, 0.6) is 0 Å². The summed E-state index contributed by atoms with van der Waals surface area (Å²) < 4.78 is 1.82. The normalized spacial score (nSPS) is 17.9. The van der Waals surface area contributed by atoms with Gasteiger partial charge in [-0.1, -0.05) is 6.07 Å². The zero-order valence-corrected chi connectivity index (χ0v) is 17.0. The van der Waals surface area contributed by atoms with Gasteiger partial charge >= 0.3 is 0 Å². The van der Waals surface area contributed by atoms with Crippen molar-refractivity contribution in [2.24, 2.45) is 0 Å². The van der Waals surface area contributed by atoms with Crippen LogP contribution in [0.3, 0.4) is 0 Å². The quantitative estimate of drug-likeness (QED) is 0.764. The van der Waals surface area contributed by atoms with Crippen molar-refractivity contribution in [1.82, 2.24) is 30.3 Å². The first-order valence-electron chi connectivity index (χ1n) is 8.98. The maximum absolute atomic E-state index is 12.6. The predicted molar refractivity (Wildman–Crippen MR) is 109 cm³/mol. The van der Waals surface area contributed by atoms with E-state index in [-0.39, 0.29) is 42.7 Å². The van der Waals surface area contributed by atoms with E-state index in [1.165, 1.54) is 0 Å². The minimum Gasteiger partial charge on any atom is -0.345 e. The summed E-state index contributed by atoms with van der Waals surface area (Å²) in [6, 6.07) is 7.29. The average molecular weight is 427 g/mol. The van der Waals surface area contributed by atoms with Crippen molar-refractivity contribution < 1.29 is 9.59 Å². The lowest BCUT2D eigenvalue weighted by molar-refractivity contribution is -0.134. The third-order valence-electron chi connectivity index (χ3n) is 4.86. The molecule has 2 aromatic rings. The smallest absolute Gasteiger partial charge is 0.272 e. The number of hydrogen-bond donors (Lipinski definition) is 2. The lowest BCUT2D eigenvalue weighted by atomic mass is 10.2. The molecule has 2 aromatic heterocycles. The SMILES string of the molecule is Cl.Cl.O=C(NCc1ccccn1)c1cc2n(n1)CCN(C(=O)[C@@H]1CCCN1)C2. The van der Waals surface area contributed by atoms with Crippen molar-refractivity contribution in [2.75, 3.05) is 13.1 Å². The zero-order chi connectivity index (χ0) is 17.9. The van der Waals surface area contributed by atoms with Crippen LogP contribution in [0.4, 0.5) is 0 Å². The molecule has 2 aliphatic rings. The van der Waals surface area contributed by atoms with Crippen molar-refractivity contribution in [2.45, 2.75) is 38.5 Å². The highest BCUT2D eigenvalue weighted by Gasteiger charge is 2.30. The fourth-order valence-electron chi connectivity index (χ4n) is 3.45. The molecule has 2 N–H and O–H groups in total. The summed E-state index contributed by atoms with van der Waals surface area (Å²) in [6.07, 6.45) is 3.64. The number of hydrogen-bond acceptors (Lipinski definition) is 5. The van der Waals surface area contributed by atoms with Gasteiger partial charge in [-0.15, -0.1) is 24.8 Å². The Kier molecular flexibility index (Phi) is 7.79. The Labute approximate surface area is 175 Å². The Morgan fingerprint density at radius 2 is 2.11 bits per heavy atom. The van der Waals surface area contributed by atoms with Gasteiger partial charge in [-0.05, 0) is 37.6 Å². The molecule has 0 unspecified atom stereocenters. The summed E-state index contributed by atoms with van der Waals surface area (Å²) in [7, 11) is 0. The van der Waals surface area contributed by atoms with Gasteiger partial charge in [-0.25, -0.2) is 0 Å². The number of carbonyl (C=O) groups is 2. The Morgan fingerprint density at radius 1 is 1.25 bits per heavy atom. The van der Waals surface area contributed by atoms with E-state index in [1.54, 1.807) is 12.3 Å². The van der Waals surface area contributed by atoms with E-state index in [9.17, 15) is 9.59 Å². The summed E-state index contributed by atoms with van der Waals surface area (Å²) in [6.45, 7) is 3.00. The highest BCUT2D eigenvalue weighted by atomic mass is 35.5. The summed E-state index contributed by atoms with van der Waals surface area (Å²) in [5.41, 5.74) is 2.07. The number of fused-ring (bicyclic) bond motifs is 1. The van der Waals surface area contributed by atoms with Gasteiger partial charge in [0, 0.05) is 12.7 Å². The number of pyridine rings is 1. The molecule has 0 aromatic carbocycles. The van der Waals surface area contributed by atoms with E-state index < -0.39 is 0 Å². The van der Waals surface area contributed by atoms with Crippen molar-refractivity contribution >= 4 is 36.6 Å². The minimum atomic E-state index is -0.229. The van der Waals surface area contributed by atoms with E-state index in [0.717, 1.165) is 30.8 Å². The van der Waals surface area contributed by atoms with Gasteiger partial charge in [0.1, 0.15) is 0 Å². The van der Waals surface area contributed by atoms with Crippen molar-refractivity contribution in [1.29, 1.82) is 0 Å². The second-order valence-corrected chi connectivity index (χ2v) is 6.66. The van der Waals surface area contributed by atoms with Crippen LogP contribution >= 0.6 is 24.8 Å². The number of nitrogens with zero attached hydrogens (tertiary/aromatic N) is 4. The molecule has 1 atom stereocenters. The first-order chi connectivity index (χ1) is 12.7. The molecule has 0 spiro atoms. The summed E-state index contributed by atoms with van der Waals surface area (Å²) in [5.74, 6) is -0.0796. The highest BCUT2D eigenvalue weighted by molar-refractivity contribution is 5.92. The molecule has 8 nitrogen and oxygen atoms in total. The van der Waals surface area contributed by atoms with Crippen LogP contribution in [0.25, 0.3) is 0 Å². The van der Waals surface area contributed by atoms with Crippen LogP contribution in [-0.4, -0.2) is 50.6 Å². The van der Waals surface area contributed by atoms with Crippen LogP contribution in [-0.2, 0) is 24.4 Å². The monoisotopic (exact) mass is 426 g/mol. The van der Waals surface area contributed by atoms with Crippen LogP contribution in [0.15, 0.2) is 30.5 Å². The van der Waals surface area contributed by atoms with Crippen LogP contribution in [0, 0.1) is 0 Å². The molecule has 2 aliphatic heterocycles. The fourth-order valence-corrected chi connectivity index (χ4v) is 3.45. The Morgan fingerprint density at radius 3 is 2.82 bits per heavy atom. The maximum Gasteiger partial charge on any atom is 0.272 e. The largest absolute Gasteiger partial charge is 0.345 e. The maximum atomic E-state index is 12.6. The van der Waals surface area contributed by atoms with Gasteiger partial charge in [0.25, 0.3) is 5.91 Å². The van der Waals surface area contributed by atoms with E-state index in [4.69, 9.17) is 0 Å². The lowest BCUT2D eigenvalue weighted by Gasteiger charge is -2.29. The van der Waals surface area contributed by atoms with Gasteiger partial charge in [-0.3, -0.25) is 19.3 Å². The van der Waals surface area contributed by atoms with Gasteiger partial charge < -0.3 is 15.5 Å². The Balaban J connectivity index is 0.00000140. The van der Waals surface area contributed by atoms with Crippen molar-refractivity contribution in [3.05, 3.63) is 47.5 Å². The summed E-state index contributed by atoms with van der Waals surface area (Å²) in [5, 5.41) is 10.5. The molecule has 0 radical (unpaired) electrons. The predicted octanol–water partition coefficient (Wildman–Crippen LogP) is 1.15. The fraction of sp³-hybridized carbons (Fsp3) is 0.444. The standard InChI is InChI=1S/C18H22N6O2.2ClH/c25-17(21-11-13-4-1-2-6-19-13)16-10-14-12-23(8-9-24(14)22-16)18(26)15-5-3-7-20-15;;/h1-2,4,6,10,15,20H,3,5,7-9,11-12H2,(H,21,25);2*1H/t15-;;/m0../s1. The summed E-state index contributed by atoms with van der Waals surface area (Å²) >= 11 is 0. The highest BCUT2D eigenvalue weighted by Crippen LogP contribution is 2.17. The topological polar surface area (TPSA) is 92.2 Å². The first-order valence-corrected chi connectivity index (χ1v) is 8.98. The van der Waals surface area contributed by atoms with Crippen LogP contribution in [0.2, 0.25) is 0 Å². The van der Waals surface area contributed by atoms with Gasteiger partial charge in [0.15, 0.2) is 5.69 Å². The third kappa shape index (κ3) is 4.81. The van der Waals surface area contributed by atoms with Gasteiger partial charge in [-0.2, -0.15) is 5.10 Å². The molecule has 1 saturated heterocycles. The second-order valence-electron chi connectivity index (χ2n) is 6.66. The van der Waals surface area contributed by atoms with Gasteiger partial charge in [0.2, 0.25) is 5.91 Å². The molecular weight excluding hydrogens is 403 g/mol. The number of halogens is 2. The molecule has 2 amide bonds. The zero-order valence-electron chi connectivity index (χ0n) is 15.3. The molecule has 0 aliphatic carbocycles. The Bertz CT molecular complexity index is 808. The minimum absolute atomic E-state index is 0. The number of nitrogens with one attached hydrogen (secondary N) is 2. The van der Waals surface area contributed by atoms with Crippen molar-refractivity contribution in [3.8, 4) is 0 Å². The molecule has 152 valence electrons.